The van der Waals surface area contributed by atoms with E-state index in [2.05, 4.69) is 11.9 Å². The van der Waals surface area contributed by atoms with Crippen LogP contribution in [0.25, 0.3) is 0 Å². The van der Waals surface area contributed by atoms with Crippen LogP contribution in [0.15, 0.2) is 67.3 Å². The van der Waals surface area contributed by atoms with Gasteiger partial charge in [-0.15, -0.1) is 6.58 Å². The fourth-order valence-electron chi connectivity index (χ4n) is 2.93. The van der Waals surface area contributed by atoms with Crippen molar-refractivity contribution in [3.05, 3.63) is 73.1 Å². The number of halogens is 1. The van der Waals surface area contributed by atoms with Crippen molar-refractivity contribution in [1.82, 2.24) is 4.90 Å². The minimum Gasteiger partial charge on any atom is -0.308 e. The van der Waals surface area contributed by atoms with Crippen LogP contribution in [0.5, 0.6) is 0 Å². The number of amides is 4. The van der Waals surface area contributed by atoms with E-state index in [0.29, 0.717) is 5.69 Å². The molecular formula is C20H18FN3O3. The number of carbonyl (C=O) groups is 3. The first kappa shape index (κ1) is 18.3. The molecule has 1 N–H and O–H groups in total. The summed E-state index contributed by atoms with van der Waals surface area (Å²) in [6, 6.07) is 12.4. The van der Waals surface area contributed by atoms with E-state index >= 15 is 0 Å². The van der Waals surface area contributed by atoms with Gasteiger partial charge in [-0.1, -0.05) is 24.3 Å². The molecule has 0 bridgehead atoms. The quantitative estimate of drug-likeness (QED) is 0.652. The van der Waals surface area contributed by atoms with Crippen molar-refractivity contribution in [1.29, 1.82) is 0 Å². The van der Waals surface area contributed by atoms with Gasteiger partial charge < -0.3 is 10.2 Å². The molecule has 7 heteroatoms. The van der Waals surface area contributed by atoms with Gasteiger partial charge in [-0.25, -0.2) is 14.1 Å². The van der Waals surface area contributed by atoms with E-state index in [4.69, 9.17) is 0 Å². The summed E-state index contributed by atoms with van der Waals surface area (Å²) in [5.41, 5.74) is 0.847. The van der Waals surface area contributed by atoms with Crippen molar-refractivity contribution in [3.8, 4) is 0 Å². The van der Waals surface area contributed by atoms with Gasteiger partial charge in [-0.2, -0.15) is 0 Å². The molecule has 1 fully saturated rings. The molecule has 2 aromatic carbocycles. The Morgan fingerprint density at radius 1 is 1.19 bits per heavy atom. The summed E-state index contributed by atoms with van der Waals surface area (Å²) >= 11 is 0. The Morgan fingerprint density at radius 2 is 1.85 bits per heavy atom. The highest BCUT2D eigenvalue weighted by Gasteiger charge is 2.44. The molecule has 0 aromatic heterocycles. The van der Waals surface area contributed by atoms with Crippen molar-refractivity contribution >= 4 is 29.2 Å². The van der Waals surface area contributed by atoms with Crippen LogP contribution in [-0.2, 0) is 9.59 Å². The Bertz CT molecular complexity index is 868. The second-order valence-electron chi connectivity index (χ2n) is 6.00. The van der Waals surface area contributed by atoms with Gasteiger partial charge in [0.15, 0.2) is 0 Å². The SMILES string of the molecule is C=CCN(C(=O)Nc1ccccc1)[C@H]1CC(=O)N(c2ccc(F)cc2)C1=O. The molecule has 4 amide bonds. The molecule has 0 saturated carbocycles. The number of imide groups is 1. The largest absolute Gasteiger partial charge is 0.322 e. The first-order valence-electron chi connectivity index (χ1n) is 8.37. The average molecular weight is 367 g/mol. The van der Waals surface area contributed by atoms with E-state index < -0.39 is 29.7 Å². The molecule has 6 nitrogen and oxygen atoms in total. The lowest BCUT2D eigenvalue weighted by Crippen LogP contribution is -2.47. The lowest BCUT2D eigenvalue weighted by atomic mass is 10.2. The summed E-state index contributed by atoms with van der Waals surface area (Å²) in [7, 11) is 0. The van der Waals surface area contributed by atoms with Crippen LogP contribution >= 0.6 is 0 Å². The number of nitrogens with zero attached hydrogens (tertiary/aromatic N) is 2. The van der Waals surface area contributed by atoms with E-state index in [1.54, 1.807) is 24.3 Å². The highest BCUT2D eigenvalue weighted by atomic mass is 19.1. The third-order valence-electron chi connectivity index (χ3n) is 4.20. The van der Waals surface area contributed by atoms with Crippen molar-refractivity contribution in [3.63, 3.8) is 0 Å². The van der Waals surface area contributed by atoms with Crippen LogP contribution in [0.2, 0.25) is 0 Å². The number of nitrogens with one attached hydrogen (secondary N) is 1. The second-order valence-corrected chi connectivity index (χ2v) is 6.00. The molecule has 0 spiro atoms. The molecule has 3 rings (SSSR count). The van der Waals surface area contributed by atoms with Gasteiger partial charge in [0.1, 0.15) is 11.9 Å². The van der Waals surface area contributed by atoms with Crippen LogP contribution in [0.4, 0.5) is 20.6 Å². The number of hydrogen-bond donors (Lipinski definition) is 1. The van der Waals surface area contributed by atoms with Gasteiger partial charge in [0.2, 0.25) is 5.91 Å². The van der Waals surface area contributed by atoms with Crippen LogP contribution in [0.1, 0.15) is 6.42 Å². The van der Waals surface area contributed by atoms with Gasteiger partial charge in [0.05, 0.1) is 12.1 Å². The molecule has 1 aliphatic heterocycles. The standard InChI is InChI=1S/C20H18FN3O3/c1-2-12-23(20(27)22-15-6-4-3-5-7-15)17-13-18(25)24(19(17)26)16-10-8-14(21)9-11-16/h2-11,17H,1,12-13H2,(H,22,27)/t17-/m0/s1. The van der Waals surface area contributed by atoms with Gasteiger partial charge in [-0.05, 0) is 36.4 Å². The summed E-state index contributed by atoms with van der Waals surface area (Å²) in [5.74, 6) is -1.44. The van der Waals surface area contributed by atoms with Gasteiger partial charge in [0, 0.05) is 12.2 Å². The van der Waals surface area contributed by atoms with Crippen molar-refractivity contribution in [2.24, 2.45) is 0 Å². The summed E-state index contributed by atoms with van der Waals surface area (Å²) in [5, 5.41) is 2.71. The summed E-state index contributed by atoms with van der Waals surface area (Å²) in [6.45, 7) is 3.72. The molecule has 138 valence electrons. The van der Waals surface area contributed by atoms with Gasteiger partial charge in [0.25, 0.3) is 5.91 Å². The molecule has 1 aliphatic rings. The molecule has 1 saturated heterocycles. The average Bonchev–Trinajstić information content (AvgIpc) is 2.95. The monoisotopic (exact) mass is 367 g/mol. The molecule has 27 heavy (non-hydrogen) atoms. The molecule has 0 aliphatic carbocycles. The van der Waals surface area contributed by atoms with Crippen LogP contribution in [0, 0.1) is 5.82 Å². The normalized spacial score (nSPS) is 16.3. The van der Waals surface area contributed by atoms with Crippen LogP contribution in [-0.4, -0.2) is 35.3 Å². The van der Waals surface area contributed by atoms with Gasteiger partial charge >= 0.3 is 6.03 Å². The lowest BCUT2D eigenvalue weighted by molar-refractivity contribution is -0.122. The fourth-order valence-corrected chi connectivity index (χ4v) is 2.93. The number of benzene rings is 2. The zero-order chi connectivity index (χ0) is 19.4. The Balaban J connectivity index is 1.82. The lowest BCUT2D eigenvalue weighted by Gasteiger charge is -2.26. The maximum Gasteiger partial charge on any atom is 0.322 e. The van der Waals surface area contributed by atoms with E-state index in [0.717, 1.165) is 4.90 Å². The number of hydrogen-bond acceptors (Lipinski definition) is 3. The highest BCUT2D eigenvalue weighted by Crippen LogP contribution is 2.26. The van der Waals surface area contributed by atoms with Crippen molar-refractivity contribution < 1.29 is 18.8 Å². The Morgan fingerprint density at radius 3 is 2.48 bits per heavy atom. The highest BCUT2D eigenvalue weighted by molar-refractivity contribution is 6.23. The third-order valence-corrected chi connectivity index (χ3v) is 4.20. The van der Waals surface area contributed by atoms with Crippen LogP contribution < -0.4 is 10.2 Å². The summed E-state index contributed by atoms with van der Waals surface area (Å²) in [6.07, 6.45) is 1.34. The minimum absolute atomic E-state index is 0.0968. The summed E-state index contributed by atoms with van der Waals surface area (Å²) < 4.78 is 13.1. The summed E-state index contributed by atoms with van der Waals surface area (Å²) in [4.78, 5) is 40.1. The van der Waals surface area contributed by atoms with Crippen molar-refractivity contribution in [2.75, 3.05) is 16.8 Å². The van der Waals surface area contributed by atoms with Crippen molar-refractivity contribution in [2.45, 2.75) is 12.5 Å². The Hall–Kier alpha value is -3.48. The molecular weight excluding hydrogens is 349 g/mol. The van der Waals surface area contributed by atoms with E-state index in [1.165, 1.54) is 35.2 Å². The number of urea groups is 1. The number of para-hydroxylation sites is 1. The third kappa shape index (κ3) is 3.87. The molecule has 2 aromatic rings. The first-order chi connectivity index (χ1) is 13.0. The maximum absolute atomic E-state index is 13.1. The Kier molecular flexibility index (Phi) is 5.30. The first-order valence-corrected chi connectivity index (χ1v) is 8.37. The predicted octanol–water partition coefficient (Wildman–Crippen LogP) is 3.18. The van der Waals surface area contributed by atoms with E-state index in [1.807, 2.05) is 6.07 Å². The zero-order valence-corrected chi connectivity index (χ0v) is 14.5. The van der Waals surface area contributed by atoms with E-state index in [-0.39, 0.29) is 18.7 Å². The minimum atomic E-state index is -0.954. The number of carbonyl (C=O) groups excluding carboxylic acids is 3. The molecule has 1 heterocycles. The zero-order valence-electron chi connectivity index (χ0n) is 14.5. The fraction of sp³-hybridized carbons (Fsp3) is 0.150. The Labute approximate surface area is 155 Å². The number of rotatable bonds is 5. The van der Waals surface area contributed by atoms with E-state index in [9.17, 15) is 18.8 Å². The molecule has 0 unspecified atom stereocenters. The van der Waals surface area contributed by atoms with Crippen LogP contribution in [0.3, 0.4) is 0 Å². The molecule has 0 radical (unpaired) electrons. The molecule has 1 atom stereocenters. The maximum atomic E-state index is 13.1. The topological polar surface area (TPSA) is 69.7 Å². The predicted molar refractivity (Wildman–Crippen MR) is 99.7 cm³/mol. The smallest absolute Gasteiger partial charge is 0.308 e. The number of anilines is 2. The second kappa shape index (κ2) is 7.82. The van der Waals surface area contributed by atoms with Gasteiger partial charge in [-0.3, -0.25) is 9.59 Å².